The summed E-state index contributed by atoms with van der Waals surface area (Å²) in [7, 11) is 0. The van der Waals surface area contributed by atoms with Gasteiger partial charge in [-0.1, -0.05) is 19.9 Å². The minimum Gasteiger partial charge on any atom is -0.354 e. The zero-order valence-electron chi connectivity index (χ0n) is 14.7. The Morgan fingerprint density at radius 3 is 2.48 bits per heavy atom. The molecule has 2 aromatic heterocycles. The van der Waals surface area contributed by atoms with Gasteiger partial charge in [-0.05, 0) is 43.5 Å². The number of hydrogen-bond donors (Lipinski definition) is 0. The maximum atomic E-state index is 4.83. The van der Waals surface area contributed by atoms with Crippen LogP contribution in [0.25, 0.3) is 0 Å². The maximum Gasteiger partial charge on any atom is 0.128 e. The topological polar surface area (TPSA) is 19.4 Å². The van der Waals surface area contributed by atoms with Gasteiger partial charge >= 0.3 is 0 Å². The monoisotopic (exact) mass is 329 g/mol. The third-order valence-corrected chi connectivity index (χ3v) is 5.78. The van der Waals surface area contributed by atoms with E-state index in [1.54, 1.807) is 0 Å². The van der Waals surface area contributed by atoms with Crippen LogP contribution in [0.15, 0.2) is 24.3 Å². The van der Waals surface area contributed by atoms with Crippen molar-refractivity contribution in [1.29, 1.82) is 0 Å². The Kier molecular flexibility index (Phi) is 5.02. The fourth-order valence-corrected chi connectivity index (χ4v) is 4.12. The van der Waals surface area contributed by atoms with E-state index in [0.717, 1.165) is 38.5 Å². The number of aromatic nitrogens is 1. The Morgan fingerprint density at radius 1 is 1.13 bits per heavy atom. The maximum absolute atomic E-state index is 4.83. The SMILES string of the molecule is Cc1cc(CN2CCN(c3cccc(C(C)C)n3)CC2)sc1C. The summed E-state index contributed by atoms with van der Waals surface area (Å²) in [6.45, 7) is 14.3. The zero-order valence-corrected chi connectivity index (χ0v) is 15.5. The molecule has 0 amide bonds. The largest absolute Gasteiger partial charge is 0.354 e. The van der Waals surface area contributed by atoms with Gasteiger partial charge in [0.05, 0.1) is 0 Å². The van der Waals surface area contributed by atoms with Crippen LogP contribution < -0.4 is 4.90 Å². The number of piperazine rings is 1. The lowest BCUT2D eigenvalue weighted by Gasteiger charge is -2.35. The van der Waals surface area contributed by atoms with Crippen molar-refractivity contribution in [2.24, 2.45) is 0 Å². The summed E-state index contributed by atoms with van der Waals surface area (Å²) in [5.74, 6) is 1.63. The van der Waals surface area contributed by atoms with Crippen LogP contribution in [0.4, 0.5) is 5.82 Å². The number of hydrogen-bond acceptors (Lipinski definition) is 4. The molecule has 0 bridgehead atoms. The molecule has 3 heterocycles. The van der Waals surface area contributed by atoms with Gasteiger partial charge in [-0.25, -0.2) is 4.98 Å². The fourth-order valence-electron chi connectivity index (χ4n) is 3.02. The first-order chi connectivity index (χ1) is 11.0. The van der Waals surface area contributed by atoms with E-state index in [4.69, 9.17) is 4.98 Å². The first kappa shape index (κ1) is 16.5. The van der Waals surface area contributed by atoms with Gasteiger partial charge in [0.15, 0.2) is 0 Å². The lowest BCUT2D eigenvalue weighted by atomic mass is 10.1. The van der Waals surface area contributed by atoms with Crippen molar-refractivity contribution in [3.63, 3.8) is 0 Å². The number of anilines is 1. The highest BCUT2D eigenvalue weighted by Gasteiger charge is 2.19. The van der Waals surface area contributed by atoms with Crippen molar-refractivity contribution in [3.8, 4) is 0 Å². The molecule has 0 saturated carbocycles. The van der Waals surface area contributed by atoms with Crippen molar-refractivity contribution < 1.29 is 0 Å². The highest BCUT2D eigenvalue weighted by atomic mass is 32.1. The van der Waals surface area contributed by atoms with Crippen molar-refractivity contribution in [2.45, 2.75) is 40.2 Å². The van der Waals surface area contributed by atoms with Crippen LogP contribution in [0.2, 0.25) is 0 Å². The zero-order chi connectivity index (χ0) is 16.4. The predicted molar refractivity (Wildman–Crippen MR) is 99.6 cm³/mol. The standard InChI is InChI=1S/C19H27N3S/c1-14(2)18-6-5-7-19(20-18)22-10-8-21(9-11-22)13-17-12-15(3)16(4)23-17/h5-7,12,14H,8-11,13H2,1-4H3. The second-order valence-electron chi connectivity index (χ2n) is 6.79. The highest BCUT2D eigenvalue weighted by Crippen LogP contribution is 2.23. The Balaban J connectivity index is 1.59. The lowest BCUT2D eigenvalue weighted by Crippen LogP contribution is -2.46. The molecule has 0 aromatic carbocycles. The normalized spacial score (nSPS) is 16.3. The molecule has 0 spiro atoms. The van der Waals surface area contributed by atoms with Crippen LogP contribution in [-0.4, -0.2) is 36.1 Å². The summed E-state index contributed by atoms with van der Waals surface area (Å²) in [6.07, 6.45) is 0. The molecule has 1 fully saturated rings. The second-order valence-corrected chi connectivity index (χ2v) is 8.13. The van der Waals surface area contributed by atoms with Gasteiger partial charge in [-0.3, -0.25) is 4.90 Å². The average molecular weight is 330 g/mol. The van der Waals surface area contributed by atoms with Crippen molar-refractivity contribution in [3.05, 3.63) is 45.3 Å². The van der Waals surface area contributed by atoms with Gasteiger partial charge in [0.1, 0.15) is 5.82 Å². The summed E-state index contributed by atoms with van der Waals surface area (Å²) < 4.78 is 0. The number of pyridine rings is 1. The average Bonchev–Trinajstić information content (AvgIpc) is 2.86. The van der Waals surface area contributed by atoms with E-state index in [1.807, 2.05) is 11.3 Å². The third kappa shape index (κ3) is 3.93. The van der Waals surface area contributed by atoms with Gasteiger partial charge in [0, 0.05) is 48.2 Å². The predicted octanol–water partition coefficient (Wildman–Crippen LogP) is 4.21. The quantitative estimate of drug-likeness (QED) is 0.838. The molecular formula is C19H27N3S. The van der Waals surface area contributed by atoms with Crippen molar-refractivity contribution >= 4 is 17.2 Å². The summed E-state index contributed by atoms with van der Waals surface area (Å²) in [6, 6.07) is 8.76. The van der Waals surface area contributed by atoms with E-state index >= 15 is 0 Å². The third-order valence-electron chi connectivity index (χ3n) is 4.64. The molecule has 0 radical (unpaired) electrons. The molecule has 1 aliphatic rings. The molecule has 124 valence electrons. The summed E-state index contributed by atoms with van der Waals surface area (Å²) in [5, 5.41) is 0. The number of aryl methyl sites for hydroxylation is 2. The molecular weight excluding hydrogens is 302 g/mol. The van der Waals surface area contributed by atoms with Crippen molar-refractivity contribution in [1.82, 2.24) is 9.88 Å². The van der Waals surface area contributed by atoms with Crippen LogP contribution in [0.3, 0.4) is 0 Å². The van der Waals surface area contributed by atoms with E-state index < -0.39 is 0 Å². The van der Waals surface area contributed by atoms with E-state index in [9.17, 15) is 0 Å². The van der Waals surface area contributed by atoms with Crippen LogP contribution in [0.1, 0.15) is 40.8 Å². The van der Waals surface area contributed by atoms with Crippen LogP contribution in [0, 0.1) is 13.8 Å². The molecule has 3 rings (SSSR count). The van der Waals surface area contributed by atoms with Crippen LogP contribution >= 0.6 is 11.3 Å². The molecule has 23 heavy (non-hydrogen) atoms. The number of rotatable bonds is 4. The first-order valence-electron chi connectivity index (χ1n) is 8.53. The molecule has 4 heteroatoms. The summed E-state index contributed by atoms with van der Waals surface area (Å²) in [5.41, 5.74) is 2.62. The summed E-state index contributed by atoms with van der Waals surface area (Å²) in [4.78, 5) is 12.8. The van der Waals surface area contributed by atoms with Gasteiger partial charge in [0.2, 0.25) is 0 Å². The van der Waals surface area contributed by atoms with Crippen LogP contribution in [0.5, 0.6) is 0 Å². The highest BCUT2D eigenvalue weighted by molar-refractivity contribution is 7.12. The molecule has 1 saturated heterocycles. The van der Waals surface area contributed by atoms with Gasteiger partial charge < -0.3 is 4.90 Å². The minimum atomic E-state index is 0.488. The van der Waals surface area contributed by atoms with Gasteiger partial charge in [-0.15, -0.1) is 11.3 Å². The molecule has 0 aliphatic carbocycles. The van der Waals surface area contributed by atoms with Gasteiger partial charge in [0.25, 0.3) is 0 Å². The molecule has 0 atom stereocenters. The van der Waals surface area contributed by atoms with E-state index in [1.165, 1.54) is 21.0 Å². The number of thiophene rings is 1. The molecule has 3 nitrogen and oxygen atoms in total. The second kappa shape index (κ2) is 7.02. The minimum absolute atomic E-state index is 0.488. The van der Waals surface area contributed by atoms with E-state index in [0.29, 0.717) is 5.92 Å². The molecule has 0 N–H and O–H groups in total. The smallest absolute Gasteiger partial charge is 0.128 e. The fraction of sp³-hybridized carbons (Fsp3) is 0.526. The first-order valence-corrected chi connectivity index (χ1v) is 9.35. The van der Waals surface area contributed by atoms with Crippen molar-refractivity contribution in [2.75, 3.05) is 31.1 Å². The molecule has 0 unspecified atom stereocenters. The lowest BCUT2D eigenvalue weighted by molar-refractivity contribution is 0.251. The Hall–Kier alpha value is -1.39. The number of nitrogens with zero attached hydrogens (tertiary/aromatic N) is 3. The van der Waals surface area contributed by atoms with E-state index in [-0.39, 0.29) is 0 Å². The Labute approximate surface area is 144 Å². The van der Waals surface area contributed by atoms with Crippen LogP contribution in [-0.2, 0) is 6.54 Å². The Bertz CT molecular complexity index is 635. The molecule has 1 aliphatic heterocycles. The van der Waals surface area contributed by atoms with Gasteiger partial charge in [-0.2, -0.15) is 0 Å². The van der Waals surface area contributed by atoms with E-state index in [2.05, 4.69) is 61.8 Å². The Morgan fingerprint density at radius 2 is 1.87 bits per heavy atom. The summed E-state index contributed by atoms with van der Waals surface area (Å²) >= 11 is 1.94. The molecule has 2 aromatic rings.